The summed E-state index contributed by atoms with van der Waals surface area (Å²) in [6.45, 7) is 0.843. The Morgan fingerprint density at radius 3 is 2.65 bits per heavy atom. The van der Waals surface area contributed by atoms with Crippen molar-refractivity contribution in [3.05, 3.63) is 22.3 Å². The van der Waals surface area contributed by atoms with Gasteiger partial charge >= 0.3 is 11.9 Å². The van der Waals surface area contributed by atoms with Crippen LogP contribution in [0, 0.1) is 0 Å². The highest BCUT2D eigenvalue weighted by atomic mass is 32.2. The number of amides is 2. The van der Waals surface area contributed by atoms with Gasteiger partial charge in [0, 0.05) is 23.6 Å². The third-order valence-electron chi connectivity index (χ3n) is 4.34. The molecule has 3 rings (SSSR count). The summed E-state index contributed by atoms with van der Waals surface area (Å²) >= 11 is 1.96. The van der Waals surface area contributed by atoms with Gasteiger partial charge in [0.15, 0.2) is 5.13 Å². The SMILES string of the molecule is CC(=O)OCC1=C(C(=O)O)N2C(=O)C(NC(=O)C(c3csc(N)n3)S(=O)(=O)O)[C@H]2SC1. The molecule has 1 aromatic rings. The largest absolute Gasteiger partial charge is 0.477 e. The number of anilines is 1. The van der Waals surface area contributed by atoms with Gasteiger partial charge in [-0.15, -0.1) is 23.1 Å². The first-order valence-corrected chi connectivity index (χ1v) is 11.9. The predicted molar refractivity (Wildman–Crippen MR) is 107 cm³/mol. The average molecular weight is 493 g/mol. The van der Waals surface area contributed by atoms with Crippen molar-refractivity contribution < 1.29 is 42.0 Å². The van der Waals surface area contributed by atoms with Crippen molar-refractivity contribution in [1.82, 2.24) is 15.2 Å². The van der Waals surface area contributed by atoms with Gasteiger partial charge in [0.2, 0.25) is 11.2 Å². The molecular formula is C15H16N4O9S3. The zero-order valence-corrected chi connectivity index (χ0v) is 18.1. The number of rotatable bonds is 7. The summed E-state index contributed by atoms with van der Waals surface area (Å²) in [6, 6.07) is -1.23. The summed E-state index contributed by atoms with van der Waals surface area (Å²) in [5, 5.41) is 9.97. The number of fused-ring (bicyclic) bond motifs is 1. The predicted octanol–water partition coefficient (Wildman–Crippen LogP) is -1.04. The maximum atomic E-state index is 12.6. The summed E-state index contributed by atoms with van der Waals surface area (Å²) in [6.07, 6.45) is 0. The molecule has 31 heavy (non-hydrogen) atoms. The minimum absolute atomic E-state index is 0.0262. The number of β-lactam (4-membered cyclic amide) rings is 1. The molecule has 13 nitrogen and oxygen atoms in total. The number of hydrogen-bond acceptors (Lipinski definition) is 11. The van der Waals surface area contributed by atoms with Gasteiger partial charge < -0.3 is 20.9 Å². The number of nitrogens with two attached hydrogens (primary N) is 1. The number of aliphatic carboxylic acids is 1. The molecule has 0 bridgehead atoms. The Bertz CT molecular complexity index is 1100. The highest BCUT2D eigenvalue weighted by Gasteiger charge is 2.55. The van der Waals surface area contributed by atoms with E-state index in [9.17, 15) is 37.3 Å². The Morgan fingerprint density at radius 2 is 2.13 bits per heavy atom. The van der Waals surface area contributed by atoms with E-state index in [0.717, 1.165) is 34.9 Å². The first-order chi connectivity index (χ1) is 14.4. The van der Waals surface area contributed by atoms with E-state index in [-0.39, 0.29) is 34.5 Å². The van der Waals surface area contributed by atoms with Crippen LogP contribution in [0.4, 0.5) is 5.13 Å². The minimum atomic E-state index is -4.94. The number of nitrogens with zero attached hydrogens (tertiary/aromatic N) is 2. The average Bonchev–Trinajstić information content (AvgIpc) is 3.07. The zero-order chi connectivity index (χ0) is 23.1. The van der Waals surface area contributed by atoms with Crippen LogP contribution in [0.25, 0.3) is 0 Å². The van der Waals surface area contributed by atoms with E-state index in [1.54, 1.807) is 0 Å². The molecular weight excluding hydrogens is 476 g/mol. The molecule has 0 aromatic carbocycles. The van der Waals surface area contributed by atoms with E-state index in [2.05, 4.69) is 10.3 Å². The number of carboxylic acid groups (broad SMARTS) is 1. The minimum Gasteiger partial charge on any atom is -0.477 e. The lowest BCUT2D eigenvalue weighted by Gasteiger charge is -2.49. The molecule has 3 heterocycles. The van der Waals surface area contributed by atoms with Gasteiger partial charge in [0.25, 0.3) is 16.0 Å². The second-order valence-corrected chi connectivity index (χ2v) is 9.94. The molecule has 5 N–H and O–H groups in total. The van der Waals surface area contributed by atoms with Crippen molar-refractivity contribution in [3.8, 4) is 0 Å². The van der Waals surface area contributed by atoms with Gasteiger partial charge in [0.05, 0.1) is 5.69 Å². The van der Waals surface area contributed by atoms with Crippen molar-refractivity contribution in [2.75, 3.05) is 18.1 Å². The number of nitrogens with one attached hydrogen (secondary N) is 1. The van der Waals surface area contributed by atoms with Crippen LogP contribution in [0.3, 0.4) is 0 Å². The molecule has 1 fully saturated rings. The standard InChI is InChI=1S/C15H16N4O9S3/c1-5(20)28-2-6-3-29-13-8(12(22)19(13)9(6)14(23)24)18-11(21)10(31(25,26)27)7-4-30-15(16)17-7/h4,8,10,13H,2-3H2,1H3,(H2,16,17)(H,18,21)(H,23,24)(H,25,26,27)/t8?,10?,13-/m1/s1. The molecule has 2 aliphatic rings. The van der Waals surface area contributed by atoms with E-state index in [4.69, 9.17) is 10.5 Å². The number of thiazole rings is 1. The normalized spacial score (nSPS) is 21.7. The quantitative estimate of drug-likeness (QED) is 0.204. The molecule has 0 saturated carbocycles. The summed E-state index contributed by atoms with van der Waals surface area (Å²) in [4.78, 5) is 52.5. The van der Waals surface area contributed by atoms with E-state index < -0.39 is 50.5 Å². The number of thioether (sulfide) groups is 1. The second-order valence-electron chi connectivity index (χ2n) is 6.44. The molecule has 0 aliphatic carbocycles. The van der Waals surface area contributed by atoms with Crippen LogP contribution in [0.15, 0.2) is 16.7 Å². The fourth-order valence-electron chi connectivity index (χ4n) is 3.06. The lowest BCUT2D eigenvalue weighted by Crippen LogP contribution is -2.71. The molecule has 1 saturated heterocycles. The van der Waals surface area contributed by atoms with Crippen LogP contribution in [0.5, 0.6) is 0 Å². The van der Waals surface area contributed by atoms with E-state index in [1.165, 1.54) is 5.38 Å². The van der Waals surface area contributed by atoms with Gasteiger partial charge in [-0.05, 0) is 0 Å². The molecule has 0 spiro atoms. The Labute approximate surface area is 183 Å². The molecule has 16 heteroatoms. The van der Waals surface area contributed by atoms with Crippen LogP contribution >= 0.6 is 23.1 Å². The summed E-state index contributed by atoms with van der Waals surface area (Å²) in [7, 11) is -4.94. The van der Waals surface area contributed by atoms with E-state index >= 15 is 0 Å². The van der Waals surface area contributed by atoms with Gasteiger partial charge in [-0.25, -0.2) is 9.78 Å². The highest BCUT2D eigenvalue weighted by molar-refractivity contribution is 8.00. The first-order valence-electron chi connectivity index (χ1n) is 8.42. The number of carbonyl (C=O) groups is 4. The second kappa shape index (κ2) is 8.45. The molecule has 2 aliphatic heterocycles. The van der Waals surface area contributed by atoms with Crippen molar-refractivity contribution in [2.45, 2.75) is 23.6 Å². The highest BCUT2D eigenvalue weighted by Crippen LogP contribution is 2.40. The number of esters is 1. The molecule has 3 atom stereocenters. The first kappa shape index (κ1) is 23.0. The van der Waals surface area contributed by atoms with Crippen LogP contribution in [-0.4, -0.2) is 75.5 Å². The molecule has 2 amide bonds. The third-order valence-corrected chi connectivity index (χ3v) is 7.42. The van der Waals surface area contributed by atoms with Crippen molar-refractivity contribution >= 4 is 62.1 Å². The molecule has 168 valence electrons. The number of ether oxygens (including phenoxy) is 1. The number of carboxylic acids is 1. The summed E-state index contributed by atoms with van der Waals surface area (Å²) < 4.78 is 37.8. The fourth-order valence-corrected chi connectivity index (χ4v) is 5.82. The number of aromatic nitrogens is 1. The summed E-state index contributed by atoms with van der Waals surface area (Å²) in [5.41, 5.74) is 4.99. The van der Waals surface area contributed by atoms with Crippen molar-refractivity contribution in [3.63, 3.8) is 0 Å². The van der Waals surface area contributed by atoms with Crippen molar-refractivity contribution in [1.29, 1.82) is 0 Å². The summed E-state index contributed by atoms with van der Waals surface area (Å²) in [5.74, 6) is -3.95. The maximum Gasteiger partial charge on any atom is 0.352 e. The Morgan fingerprint density at radius 1 is 1.45 bits per heavy atom. The maximum absolute atomic E-state index is 12.6. The lowest BCUT2D eigenvalue weighted by atomic mass is 10.0. The molecule has 2 unspecified atom stereocenters. The zero-order valence-electron chi connectivity index (χ0n) is 15.7. The fraction of sp³-hybridized carbons (Fsp3) is 0.400. The van der Waals surface area contributed by atoms with Crippen molar-refractivity contribution in [2.24, 2.45) is 0 Å². The van der Waals surface area contributed by atoms with E-state index in [0.29, 0.717) is 0 Å². The Hall–Kier alpha value is -2.69. The Kier molecular flexibility index (Phi) is 6.26. The number of hydrogen-bond donors (Lipinski definition) is 4. The van der Waals surface area contributed by atoms with Gasteiger partial charge in [-0.1, -0.05) is 0 Å². The van der Waals surface area contributed by atoms with Crippen LogP contribution in [0.1, 0.15) is 17.9 Å². The van der Waals surface area contributed by atoms with E-state index in [1.807, 2.05) is 0 Å². The third kappa shape index (κ3) is 4.51. The van der Waals surface area contributed by atoms with Crippen LogP contribution in [0.2, 0.25) is 0 Å². The molecule has 0 radical (unpaired) electrons. The topological polar surface area (TPSA) is 206 Å². The smallest absolute Gasteiger partial charge is 0.352 e. The van der Waals surface area contributed by atoms with Crippen LogP contribution in [-0.2, 0) is 34.0 Å². The number of carbonyl (C=O) groups excluding carboxylic acids is 3. The van der Waals surface area contributed by atoms with Gasteiger partial charge in [-0.3, -0.25) is 23.8 Å². The molecule has 1 aromatic heterocycles. The Balaban J connectivity index is 1.81. The monoisotopic (exact) mass is 492 g/mol. The number of nitrogen functional groups attached to an aromatic ring is 1. The van der Waals surface area contributed by atoms with Gasteiger partial charge in [0.1, 0.15) is 23.7 Å². The lowest BCUT2D eigenvalue weighted by molar-refractivity contribution is -0.151. The van der Waals surface area contributed by atoms with Crippen LogP contribution < -0.4 is 11.1 Å². The van der Waals surface area contributed by atoms with Gasteiger partial charge in [-0.2, -0.15) is 8.42 Å².